The molecule has 4 heteroatoms. The van der Waals surface area contributed by atoms with Crippen LogP contribution < -0.4 is 5.32 Å². The number of hydrogen-bond donors (Lipinski definition) is 1. The molecule has 2 atom stereocenters. The minimum atomic E-state index is -0.0409. The summed E-state index contributed by atoms with van der Waals surface area (Å²) in [5.41, 5.74) is 0. The van der Waals surface area contributed by atoms with Gasteiger partial charge in [0.05, 0.1) is 12.1 Å². The number of nitrogens with one attached hydrogen (secondary N) is 1. The van der Waals surface area contributed by atoms with E-state index in [2.05, 4.69) is 5.32 Å². The molecule has 0 aromatic heterocycles. The molecule has 1 saturated carbocycles. The van der Waals surface area contributed by atoms with Gasteiger partial charge in [0.15, 0.2) is 0 Å². The Bertz CT molecular complexity index is 184. The summed E-state index contributed by atoms with van der Waals surface area (Å²) in [6.07, 6.45) is 3.35. The highest BCUT2D eigenvalue weighted by molar-refractivity contribution is 5.77. The van der Waals surface area contributed by atoms with E-state index in [1.807, 2.05) is 6.92 Å². The van der Waals surface area contributed by atoms with Gasteiger partial charge in [0.2, 0.25) is 5.91 Å². The number of rotatable bonds is 5. The van der Waals surface area contributed by atoms with E-state index < -0.39 is 0 Å². The zero-order valence-electron chi connectivity index (χ0n) is 8.91. The molecule has 1 amide bonds. The second-order valence-electron chi connectivity index (χ2n) is 3.52. The smallest absolute Gasteiger partial charge is 0.246 e. The van der Waals surface area contributed by atoms with E-state index in [1.165, 1.54) is 0 Å². The van der Waals surface area contributed by atoms with Gasteiger partial charge in [-0.25, -0.2) is 0 Å². The monoisotopic (exact) mass is 201 g/mol. The van der Waals surface area contributed by atoms with Gasteiger partial charge >= 0.3 is 0 Å². The molecule has 14 heavy (non-hydrogen) atoms. The minimum Gasteiger partial charge on any atom is -0.379 e. The van der Waals surface area contributed by atoms with Crippen LogP contribution in [0.15, 0.2) is 0 Å². The van der Waals surface area contributed by atoms with Gasteiger partial charge in [-0.15, -0.1) is 0 Å². The molecule has 0 radical (unpaired) electrons. The molecule has 0 aromatic carbocycles. The van der Waals surface area contributed by atoms with Gasteiger partial charge in [0.1, 0.15) is 6.61 Å². The summed E-state index contributed by atoms with van der Waals surface area (Å²) in [7, 11) is 1.69. The van der Waals surface area contributed by atoms with Gasteiger partial charge in [-0.3, -0.25) is 4.79 Å². The lowest BCUT2D eigenvalue weighted by atomic mass is 10.2. The maximum Gasteiger partial charge on any atom is 0.246 e. The van der Waals surface area contributed by atoms with Crippen LogP contribution in [0.3, 0.4) is 0 Å². The molecule has 1 aliphatic carbocycles. The van der Waals surface area contributed by atoms with Crippen LogP contribution in [-0.4, -0.2) is 38.4 Å². The molecule has 82 valence electrons. The first-order valence-electron chi connectivity index (χ1n) is 5.17. The predicted octanol–water partition coefficient (Wildman–Crippen LogP) is 0.707. The Kier molecular flexibility index (Phi) is 4.90. The second-order valence-corrected chi connectivity index (χ2v) is 3.52. The van der Waals surface area contributed by atoms with Crippen LogP contribution in [0.2, 0.25) is 0 Å². The Labute approximate surface area is 85.0 Å². The van der Waals surface area contributed by atoms with E-state index in [4.69, 9.17) is 9.47 Å². The number of hydrogen-bond acceptors (Lipinski definition) is 3. The Hall–Kier alpha value is -0.610. The Morgan fingerprint density at radius 3 is 2.93 bits per heavy atom. The Balaban J connectivity index is 2.25. The average Bonchev–Trinajstić information content (AvgIpc) is 2.62. The number of carbonyl (C=O) groups excluding carboxylic acids is 1. The number of amides is 1. The zero-order chi connectivity index (χ0) is 10.4. The zero-order valence-corrected chi connectivity index (χ0v) is 8.91. The fourth-order valence-electron chi connectivity index (χ4n) is 1.82. The molecule has 4 nitrogen and oxygen atoms in total. The normalized spacial score (nSPS) is 26.4. The van der Waals surface area contributed by atoms with E-state index in [0.717, 1.165) is 19.3 Å². The van der Waals surface area contributed by atoms with E-state index in [-0.39, 0.29) is 24.7 Å². The predicted molar refractivity (Wildman–Crippen MR) is 53.1 cm³/mol. The molecule has 1 aliphatic rings. The van der Waals surface area contributed by atoms with Crippen LogP contribution in [0.25, 0.3) is 0 Å². The Morgan fingerprint density at radius 1 is 1.50 bits per heavy atom. The fraction of sp³-hybridized carbons (Fsp3) is 0.900. The highest BCUT2D eigenvalue weighted by Crippen LogP contribution is 2.21. The minimum absolute atomic E-state index is 0.0409. The first-order valence-corrected chi connectivity index (χ1v) is 5.17. The van der Waals surface area contributed by atoms with Gasteiger partial charge in [-0.1, -0.05) is 0 Å². The molecule has 0 heterocycles. The SMILES string of the molecule is CCOCC(=O)NC1CCCC1OC. The van der Waals surface area contributed by atoms with Crippen molar-refractivity contribution in [2.24, 2.45) is 0 Å². The van der Waals surface area contributed by atoms with Crippen LogP contribution in [0.1, 0.15) is 26.2 Å². The molecule has 1 N–H and O–H groups in total. The van der Waals surface area contributed by atoms with Crippen molar-refractivity contribution in [3.05, 3.63) is 0 Å². The van der Waals surface area contributed by atoms with Crippen LogP contribution in [0.4, 0.5) is 0 Å². The molecular weight excluding hydrogens is 182 g/mol. The molecular formula is C10H19NO3. The van der Waals surface area contributed by atoms with Gasteiger partial charge in [0, 0.05) is 13.7 Å². The number of methoxy groups -OCH3 is 1. The molecule has 0 saturated heterocycles. The average molecular weight is 201 g/mol. The lowest BCUT2D eigenvalue weighted by Crippen LogP contribution is -2.42. The fourth-order valence-corrected chi connectivity index (χ4v) is 1.82. The van der Waals surface area contributed by atoms with Crippen molar-refractivity contribution in [3.8, 4) is 0 Å². The molecule has 0 spiro atoms. The molecule has 2 unspecified atom stereocenters. The van der Waals surface area contributed by atoms with Crippen molar-refractivity contribution in [2.45, 2.75) is 38.3 Å². The second kappa shape index (κ2) is 5.98. The van der Waals surface area contributed by atoms with Crippen LogP contribution in [0.5, 0.6) is 0 Å². The van der Waals surface area contributed by atoms with E-state index >= 15 is 0 Å². The van der Waals surface area contributed by atoms with Crippen molar-refractivity contribution in [1.82, 2.24) is 5.32 Å². The molecule has 1 fully saturated rings. The van der Waals surface area contributed by atoms with Crippen molar-refractivity contribution < 1.29 is 14.3 Å². The lowest BCUT2D eigenvalue weighted by molar-refractivity contribution is -0.127. The van der Waals surface area contributed by atoms with Gasteiger partial charge in [0.25, 0.3) is 0 Å². The first-order chi connectivity index (χ1) is 6.77. The van der Waals surface area contributed by atoms with Crippen LogP contribution in [0, 0.1) is 0 Å². The third-order valence-electron chi connectivity index (χ3n) is 2.54. The van der Waals surface area contributed by atoms with Gasteiger partial charge in [-0.2, -0.15) is 0 Å². The van der Waals surface area contributed by atoms with Crippen molar-refractivity contribution >= 4 is 5.91 Å². The summed E-state index contributed by atoms with van der Waals surface area (Å²) < 4.78 is 10.3. The van der Waals surface area contributed by atoms with Crippen molar-refractivity contribution in [1.29, 1.82) is 0 Å². The number of carbonyl (C=O) groups is 1. The highest BCUT2D eigenvalue weighted by Gasteiger charge is 2.28. The van der Waals surface area contributed by atoms with Gasteiger partial charge < -0.3 is 14.8 Å². The van der Waals surface area contributed by atoms with E-state index in [1.54, 1.807) is 7.11 Å². The first kappa shape index (κ1) is 11.5. The summed E-state index contributed by atoms with van der Waals surface area (Å²) >= 11 is 0. The number of ether oxygens (including phenoxy) is 2. The highest BCUT2D eigenvalue weighted by atomic mass is 16.5. The third-order valence-corrected chi connectivity index (χ3v) is 2.54. The van der Waals surface area contributed by atoms with Crippen molar-refractivity contribution in [2.75, 3.05) is 20.3 Å². The maximum atomic E-state index is 11.3. The lowest BCUT2D eigenvalue weighted by Gasteiger charge is -2.19. The Morgan fingerprint density at radius 2 is 2.29 bits per heavy atom. The van der Waals surface area contributed by atoms with Crippen molar-refractivity contribution in [3.63, 3.8) is 0 Å². The molecule has 1 rings (SSSR count). The molecule has 0 aliphatic heterocycles. The van der Waals surface area contributed by atoms with Crippen LogP contribution >= 0.6 is 0 Å². The molecule has 0 bridgehead atoms. The summed E-state index contributed by atoms with van der Waals surface area (Å²) in [6, 6.07) is 0.174. The summed E-state index contributed by atoms with van der Waals surface area (Å²) in [4.78, 5) is 11.3. The topological polar surface area (TPSA) is 47.6 Å². The summed E-state index contributed by atoms with van der Waals surface area (Å²) in [5, 5.41) is 2.93. The van der Waals surface area contributed by atoms with E-state index in [9.17, 15) is 4.79 Å². The molecule has 0 aromatic rings. The van der Waals surface area contributed by atoms with E-state index in [0.29, 0.717) is 6.61 Å². The van der Waals surface area contributed by atoms with Crippen LogP contribution in [-0.2, 0) is 14.3 Å². The quantitative estimate of drug-likeness (QED) is 0.712. The standard InChI is InChI=1S/C10H19NO3/c1-3-14-7-10(12)11-8-5-4-6-9(8)13-2/h8-9H,3-7H2,1-2H3,(H,11,12). The van der Waals surface area contributed by atoms with Gasteiger partial charge in [-0.05, 0) is 26.2 Å². The largest absolute Gasteiger partial charge is 0.379 e. The maximum absolute atomic E-state index is 11.3. The summed E-state index contributed by atoms with van der Waals surface area (Å²) in [6.45, 7) is 2.61. The third kappa shape index (κ3) is 3.27. The summed E-state index contributed by atoms with van der Waals surface area (Å²) in [5.74, 6) is -0.0409.